The van der Waals surface area contributed by atoms with Crippen LogP contribution in [0.3, 0.4) is 0 Å². The minimum atomic E-state index is -1.15. The van der Waals surface area contributed by atoms with E-state index in [1.54, 1.807) is 41.5 Å². The van der Waals surface area contributed by atoms with E-state index in [9.17, 15) is 24.3 Å². The van der Waals surface area contributed by atoms with Gasteiger partial charge in [0.05, 0.1) is 6.04 Å². The van der Waals surface area contributed by atoms with Crippen LogP contribution in [0.2, 0.25) is 0 Å². The summed E-state index contributed by atoms with van der Waals surface area (Å²) in [6.45, 7) is 11.4. The summed E-state index contributed by atoms with van der Waals surface area (Å²) in [7, 11) is 0. The number of aryl methyl sites for hydroxylation is 1. The first kappa shape index (κ1) is 31.4. The highest BCUT2D eigenvalue weighted by Gasteiger charge is 2.47. The van der Waals surface area contributed by atoms with Gasteiger partial charge in [-0.15, -0.1) is 0 Å². The Bertz CT molecular complexity index is 1050. The molecule has 10 nitrogen and oxygen atoms in total. The van der Waals surface area contributed by atoms with E-state index < -0.39 is 41.3 Å². The number of carboxylic acid groups (broad SMARTS) is 1. The van der Waals surface area contributed by atoms with Gasteiger partial charge in [0.25, 0.3) is 0 Å². The molecule has 0 radical (unpaired) electrons. The topological polar surface area (TPSA) is 125 Å². The van der Waals surface area contributed by atoms with Crippen molar-refractivity contribution in [3.05, 3.63) is 35.9 Å². The van der Waals surface area contributed by atoms with Gasteiger partial charge in [0.2, 0.25) is 5.91 Å². The number of fused-ring (bicyclic) bond motifs is 1. The summed E-state index contributed by atoms with van der Waals surface area (Å²) in [6, 6.07) is 8.08. The number of nitrogens with one attached hydrogen (secondary N) is 1. The molecule has 222 valence electrons. The van der Waals surface area contributed by atoms with Crippen molar-refractivity contribution in [2.75, 3.05) is 13.1 Å². The van der Waals surface area contributed by atoms with Crippen molar-refractivity contribution in [3.8, 4) is 0 Å². The Morgan fingerprint density at radius 3 is 2.30 bits per heavy atom. The molecule has 0 bridgehead atoms. The number of esters is 1. The Kier molecular flexibility index (Phi) is 10.2. The van der Waals surface area contributed by atoms with Gasteiger partial charge in [-0.25, -0.2) is 9.59 Å². The van der Waals surface area contributed by atoms with E-state index in [1.807, 2.05) is 18.2 Å². The van der Waals surface area contributed by atoms with Crippen LogP contribution >= 0.6 is 0 Å². The molecular weight excluding hydrogens is 514 g/mol. The van der Waals surface area contributed by atoms with Crippen LogP contribution in [-0.4, -0.2) is 87.3 Å². The lowest BCUT2D eigenvalue weighted by molar-refractivity contribution is -0.157. The monoisotopic (exact) mass is 559 g/mol. The van der Waals surface area contributed by atoms with Gasteiger partial charge < -0.3 is 24.8 Å². The van der Waals surface area contributed by atoms with Crippen LogP contribution in [-0.2, 0) is 30.3 Å². The Hall–Kier alpha value is -3.14. The summed E-state index contributed by atoms with van der Waals surface area (Å²) < 4.78 is 10.8. The Balaban J connectivity index is 1.79. The minimum absolute atomic E-state index is 0.0184. The Labute approximate surface area is 237 Å². The molecule has 1 aromatic carbocycles. The number of hydrogen-bond donors (Lipinski definition) is 2. The lowest BCUT2D eigenvalue weighted by Crippen LogP contribution is -2.50. The SMILES string of the molecule is CC(C)(C)OC(=O)CC[C@H](C(=O)O)N1CCC(CCc2ccccc2)N2C[C@H](NC(=O)OC(C)(C)C)C[C@H]2C1=O. The van der Waals surface area contributed by atoms with Gasteiger partial charge in [0.1, 0.15) is 17.2 Å². The number of alkyl carbamates (subject to hydrolysis) is 1. The maximum Gasteiger partial charge on any atom is 0.407 e. The van der Waals surface area contributed by atoms with Crippen LogP contribution in [0.1, 0.15) is 79.2 Å². The fraction of sp³-hybridized carbons (Fsp3) is 0.667. The predicted octanol–water partition coefficient (Wildman–Crippen LogP) is 3.76. The molecule has 1 unspecified atom stereocenters. The number of nitrogens with zero attached hydrogens (tertiary/aromatic N) is 2. The van der Waals surface area contributed by atoms with Crippen LogP contribution in [0, 0.1) is 0 Å². The van der Waals surface area contributed by atoms with E-state index in [0.29, 0.717) is 19.4 Å². The molecule has 0 saturated carbocycles. The van der Waals surface area contributed by atoms with Crippen LogP contribution in [0.5, 0.6) is 0 Å². The zero-order valence-corrected chi connectivity index (χ0v) is 24.6. The highest BCUT2D eigenvalue weighted by molar-refractivity contribution is 5.88. The van der Waals surface area contributed by atoms with E-state index in [2.05, 4.69) is 22.3 Å². The number of carbonyl (C=O) groups is 4. The van der Waals surface area contributed by atoms with Gasteiger partial charge >= 0.3 is 18.0 Å². The highest BCUT2D eigenvalue weighted by Crippen LogP contribution is 2.31. The molecule has 10 heteroatoms. The molecule has 2 aliphatic heterocycles. The maximum atomic E-state index is 13.9. The van der Waals surface area contributed by atoms with Crippen molar-refractivity contribution >= 4 is 23.9 Å². The van der Waals surface area contributed by atoms with Crippen LogP contribution in [0.15, 0.2) is 30.3 Å². The van der Waals surface area contributed by atoms with Crippen molar-refractivity contribution in [3.63, 3.8) is 0 Å². The number of rotatable bonds is 9. The molecule has 2 amide bonds. The standard InChI is InChI=1S/C30H45N3O7/c1-29(2,3)39-25(34)15-14-23(27(36)37)32-17-16-22(13-12-20-10-8-7-9-11-20)33-19-21(18-24(33)26(32)35)31-28(38)40-30(4,5)6/h7-11,21-24H,12-19H2,1-6H3,(H,31,38)(H,36,37)/t21-,22?,23-,24+/m1/s1. The van der Waals surface area contributed by atoms with Crippen molar-refractivity contribution in [1.82, 2.24) is 15.1 Å². The Morgan fingerprint density at radius 2 is 1.70 bits per heavy atom. The molecule has 4 atom stereocenters. The third kappa shape index (κ3) is 9.21. The molecular formula is C30H45N3O7. The first-order chi connectivity index (χ1) is 18.6. The van der Waals surface area contributed by atoms with Crippen LogP contribution in [0.4, 0.5) is 4.79 Å². The second-order valence-electron chi connectivity index (χ2n) is 12.8. The van der Waals surface area contributed by atoms with E-state index in [-0.39, 0.29) is 37.4 Å². The van der Waals surface area contributed by atoms with Gasteiger partial charge in [-0.05, 0) is 79.2 Å². The quantitative estimate of drug-likeness (QED) is 0.438. The molecule has 0 aromatic heterocycles. The zero-order chi connectivity index (χ0) is 29.7. The highest BCUT2D eigenvalue weighted by atomic mass is 16.6. The van der Waals surface area contributed by atoms with Crippen LogP contribution in [0.25, 0.3) is 0 Å². The largest absolute Gasteiger partial charge is 0.480 e. The second kappa shape index (κ2) is 13.0. The number of aliphatic carboxylic acids is 1. The molecule has 2 aliphatic rings. The van der Waals surface area contributed by atoms with Crippen molar-refractivity contribution in [1.29, 1.82) is 0 Å². The molecule has 0 spiro atoms. The molecule has 2 fully saturated rings. The molecule has 3 rings (SSSR count). The summed E-state index contributed by atoms with van der Waals surface area (Å²) in [4.78, 5) is 54.6. The number of carboxylic acids is 1. The average molecular weight is 560 g/mol. The summed E-state index contributed by atoms with van der Waals surface area (Å²) in [5.74, 6) is -1.93. The number of carbonyl (C=O) groups excluding carboxylic acids is 3. The molecule has 2 N–H and O–H groups in total. The van der Waals surface area contributed by atoms with Crippen LogP contribution < -0.4 is 5.32 Å². The van der Waals surface area contributed by atoms with E-state index in [0.717, 1.165) is 12.8 Å². The normalized spacial score (nSPS) is 22.7. The Morgan fingerprint density at radius 1 is 1.05 bits per heavy atom. The molecule has 2 saturated heterocycles. The average Bonchev–Trinajstić information content (AvgIpc) is 3.18. The lowest BCUT2D eigenvalue weighted by atomic mass is 10.0. The van der Waals surface area contributed by atoms with Gasteiger partial charge in [0, 0.05) is 31.6 Å². The maximum absolute atomic E-state index is 13.9. The second-order valence-corrected chi connectivity index (χ2v) is 12.8. The van der Waals surface area contributed by atoms with E-state index >= 15 is 0 Å². The first-order valence-corrected chi connectivity index (χ1v) is 14.2. The molecule has 40 heavy (non-hydrogen) atoms. The smallest absolute Gasteiger partial charge is 0.407 e. The summed E-state index contributed by atoms with van der Waals surface area (Å²) in [6.07, 6.45) is 1.87. The summed E-state index contributed by atoms with van der Waals surface area (Å²) >= 11 is 0. The third-order valence-electron chi connectivity index (χ3n) is 7.11. The van der Waals surface area contributed by atoms with Crippen molar-refractivity contribution < 1.29 is 33.8 Å². The van der Waals surface area contributed by atoms with Crippen molar-refractivity contribution in [2.24, 2.45) is 0 Å². The fourth-order valence-corrected chi connectivity index (χ4v) is 5.50. The fourth-order valence-electron chi connectivity index (χ4n) is 5.50. The summed E-state index contributed by atoms with van der Waals surface area (Å²) in [5, 5.41) is 13.0. The van der Waals surface area contributed by atoms with E-state index in [4.69, 9.17) is 9.47 Å². The first-order valence-electron chi connectivity index (χ1n) is 14.2. The summed E-state index contributed by atoms with van der Waals surface area (Å²) in [5.41, 5.74) is -0.142. The number of hydrogen-bond acceptors (Lipinski definition) is 7. The van der Waals surface area contributed by atoms with Gasteiger partial charge in [0.15, 0.2) is 0 Å². The molecule has 1 aromatic rings. The zero-order valence-electron chi connectivity index (χ0n) is 24.6. The van der Waals surface area contributed by atoms with E-state index in [1.165, 1.54) is 10.5 Å². The third-order valence-corrected chi connectivity index (χ3v) is 7.11. The number of amides is 2. The minimum Gasteiger partial charge on any atom is -0.480 e. The molecule has 0 aliphatic carbocycles. The van der Waals surface area contributed by atoms with Gasteiger partial charge in [-0.2, -0.15) is 0 Å². The molecule has 2 heterocycles. The lowest BCUT2D eigenvalue weighted by Gasteiger charge is -2.31. The number of ether oxygens (including phenoxy) is 2. The predicted molar refractivity (Wildman–Crippen MR) is 150 cm³/mol. The number of benzene rings is 1. The van der Waals surface area contributed by atoms with Crippen molar-refractivity contribution in [2.45, 2.75) is 115 Å². The van der Waals surface area contributed by atoms with Gasteiger partial charge in [-0.1, -0.05) is 30.3 Å². The van der Waals surface area contributed by atoms with Gasteiger partial charge in [-0.3, -0.25) is 14.5 Å².